The number of benzene rings is 1. The Morgan fingerprint density at radius 2 is 1.58 bits per heavy atom. The molecule has 19 heavy (non-hydrogen) atoms. The Morgan fingerprint density at radius 3 is 2.05 bits per heavy atom. The maximum absolute atomic E-state index is 8.89. The SMILES string of the molecule is Cc1ccc(C)n1-c1ccc(C(N)CCO)cc1.Cl. The molecule has 0 saturated heterocycles. The van der Waals surface area contributed by atoms with Crippen molar-refractivity contribution in [2.24, 2.45) is 5.73 Å². The third kappa shape index (κ3) is 3.38. The number of nitrogens with zero attached hydrogens (tertiary/aromatic N) is 1. The number of aliphatic hydroxyl groups excluding tert-OH is 1. The van der Waals surface area contributed by atoms with E-state index in [0.29, 0.717) is 6.42 Å². The Hall–Kier alpha value is -1.29. The van der Waals surface area contributed by atoms with Crippen molar-refractivity contribution in [3.63, 3.8) is 0 Å². The zero-order valence-corrected chi connectivity index (χ0v) is 12.2. The Morgan fingerprint density at radius 1 is 1.05 bits per heavy atom. The second kappa shape index (κ2) is 6.75. The Kier molecular flexibility index (Phi) is 5.60. The van der Waals surface area contributed by atoms with Gasteiger partial charge in [-0.15, -0.1) is 12.4 Å². The molecule has 0 aliphatic heterocycles. The molecule has 0 radical (unpaired) electrons. The Balaban J connectivity index is 0.00000180. The van der Waals surface area contributed by atoms with E-state index in [1.165, 1.54) is 11.4 Å². The van der Waals surface area contributed by atoms with Crippen LogP contribution in [0.2, 0.25) is 0 Å². The summed E-state index contributed by atoms with van der Waals surface area (Å²) in [6.07, 6.45) is 0.598. The molecule has 0 aliphatic carbocycles. The highest BCUT2D eigenvalue weighted by atomic mass is 35.5. The van der Waals surface area contributed by atoms with Gasteiger partial charge < -0.3 is 15.4 Å². The van der Waals surface area contributed by atoms with E-state index in [-0.39, 0.29) is 25.1 Å². The largest absolute Gasteiger partial charge is 0.396 e. The molecule has 1 aromatic carbocycles. The highest BCUT2D eigenvalue weighted by Crippen LogP contribution is 2.19. The van der Waals surface area contributed by atoms with Crippen LogP contribution < -0.4 is 5.73 Å². The van der Waals surface area contributed by atoms with Gasteiger partial charge in [-0.2, -0.15) is 0 Å². The monoisotopic (exact) mass is 280 g/mol. The molecule has 3 N–H and O–H groups in total. The van der Waals surface area contributed by atoms with Gasteiger partial charge in [0.05, 0.1) is 0 Å². The zero-order chi connectivity index (χ0) is 13.1. The van der Waals surface area contributed by atoms with E-state index in [1.54, 1.807) is 0 Å². The molecule has 3 nitrogen and oxygen atoms in total. The minimum Gasteiger partial charge on any atom is -0.396 e. The predicted octanol–water partition coefficient (Wildman–Crippen LogP) is 2.90. The molecule has 1 aromatic heterocycles. The number of rotatable bonds is 4. The highest BCUT2D eigenvalue weighted by molar-refractivity contribution is 5.85. The third-order valence-corrected chi connectivity index (χ3v) is 3.29. The Labute approximate surface area is 120 Å². The predicted molar refractivity (Wildman–Crippen MR) is 81.1 cm³/mol. The topological polar surface area (TPSA) is 51.2 Å². The van der Waals surface area contributed by atoms with Gasteiger partial charge in [0, 0.05) is 29.7 Å². The number of halogens is 1. The number of aromatic nitrogens is 1. The third-order valence-electron chi connectivity index (χ3n) is 3.29. The molecular weight excluding hydrogens is 260 g/mol. The lowest BCUT2D eigenvalue weighted by molar-refractivity contribution is 0.276. The molecule has 2 aromatic rings. The van der Waals surface area contributed by atoms with E-state index < -0.39 is 0 Å². The van der Waals surface area contributed by atoms with Gasteiger partial charge >= 0.3 is 0 Å². The van der Waals surface area contributed by atoms with Crippen molar-refractivity contribution in [3.8, 4) is 5.69 Å². The van der Waals surface area contributed by atoms with Crippen molar-refractivity contribution in [2.75, 3.05) is 6.61 Å². The summed E-state index contributed by atoms with van der Waals surface area (Å²) in [7, 11) is 0. The van der Waals surface area contributed by atoms with E-state index in [1.807, 2.05) is 12.1 Å². The van der Waals surface area contributed by atoms with Crippen molar-refractivity contribution in [2.45, 2.75) is 26.3 Å². The van der Waals surface area contributed by atoms with E-state index in [2.05, 4.69) is 42.7 Å². The summed E-state index contributed by atoms with van der Waals surface area (Å²) in [6.45, 7) is 4.32. The van der Waals surface area contributed by atoms with Gasteiger partial charge in [0.2, 0.25) is 0 Å². The van der Waals surface area contributed by atoms with Crippen LogP contribution in [-0.2, 0) is 0 Å². The minimum absolute atomic E-state index is 0. The van der Waals surface area contributed by atoms with E-state index in [4.69, 9.17) is 10.8 Å². The fourth-order valence-corrected chi connectivity index (χ4v) is 2.25. The summed E-state index contributed by atoms with van der Waals surface area (Å²) in [5.74, 6) is 0. The van der Waals surface area contributed by atoms with Gasteiger partial charge in [-0.05, 0) is 50.1 Å². The fourth-order valence-electron chi connectivity index (χ4n) is 2.25. The normalized spacial score (nSPS) is 12.0. The van der Waals surface area contributed by atoms with E-state index in [9.17, 15) is 0 Å². The second-order valence-corrected chi connectivity index (χ2v) is 4.66. The first-order valence-electron chi connectivity index (χ1n) is 6.25. The summed E-state index contributed by atoms with van der Waals surface area (Å²) < 4.78 is 2.21. The number of nitrogens with two attached hydrogens (primary N) is 1. The first-order chi connectivity index (χ1) is 8.63. The minimum atomic E-state index is -0.0871. The maximum atomic E-state index is 8.89. The summed E-state index contributed by atoms with van der Waals surface area (Å²) in [5, 5.41) is 8.89. The lowest BCUT2D eigenvalue weighted by Crippen LogP contribution is -2.12. The molecule has 0 aliphatic rings. The molecule has 1 atom stereocenters. The number of aliphatic hydroxyl groups is 1. The van der Waals surface area contributed by atoms with E-state index >= 15 is 0 Å². The van der Waals surface area contributed by atoms with Crippen LogP contribution in [-0.4, -0.2) is 16.3 Å². The van der Waals surface area contributed by atoms with Crippen LogP contribution in [0.1, 0.15) is 29.4 Å². The quantitative estimate of drug-likeness (QED) is 0.905. The molecule has 0 spiro atoms. The summed E-state index contributed by atoms with van der Waals surface area (Å²) in [6, 6.07) is 12.4. The molecule has 0 bridgehead atoms. The van der Waals surface area contributed by atoms with Crippen LogP contribution in [0.4, 0.5) is 0 Å². The van der Waals surface area contributed by atoms with Crippen molar-refractivity contribution in [1.82, 2.24) is 4.57 Å². The molecule has 0 amide bonds. The van der Waals surface area contributed by atoms with Gasteiger partial charge in [-0.1, -0.05) is 12.1 Å². The first kappa shape index (κ1) is 15.8. The lowest BCUT2D eigenvalue weighted by Gasteiger charge is -2.13. The van der Waals surface area contributed by atoms with Crippen LogP contribution in [0.15, 0.2) is 36.4 Å². The van der Waals surface area contributed by atoms with Crippen molar-refractivity contribution in [3.05, 3.63) is 53.3 Å². The van der Waals surface area contributed by atoms with Crippen LogP contribution in [0.5, 0.6) is 0 Å². The Bertz CT molecular complexity index is 500. The van der Waals surface area contributed by atoms with Gasteiger partial charge in [-0.3, -0.25) is 0 Å². The summed E-state index contributed by atoms with van der Waals surface area (Å²) in [5.41, 5.74) is 10.6. The first-order valence-corrected chi connectivity index (χ1v) is 6.25. The fraction of sp³-hybridized carbons (Fsp3) is 0.333. The average molecular weight is 281 g/mol. The van der Waals surface area contributed by atoms with Crippen LogP contribution in [0.3, 0.4) is 0 Å². The molecular formula is C15H21ClN2O. The summed E-state index contributed by atoms with van der Waals surface area (Å²) >= 11 is 0. The van der Waals surface area contributed by atoms with Crippen molar-refractivity contribution >= 4 is 12.4 Å². The maximum Gasteiger partial charge on any atom is 0.0455 e. The summed E-state index contributed by atoms with van der Waals surface area (Å²) in [4.78, 5) is 0. The molecule has 2 rings (SSSR count). The van der Waals surface area contributed by atoms with Crippen LogP contribution in [0, 0.1) is 13.8 Å². The van der Waals surface area contributed by atoms with Gasteiger partial charge in [0.25, 0.3) is 0 Å². The highest BCUT2D eigenvalue weighted by Gasteiger charge is 2.07. The average Bonchev–Trinajstić information content (AvgIpc) is 2.70. The zero-order valence-electron chi connectivity index (χ0n) is 11.3. The smallest absolute Gasteiger partial charge is 0.0455 e. The van der Waals surface area contributed by atoms with Crippen molar-refractivity contribution in [1.29, 1.82) is 0 Å². The molecule has 0 fully saturated rings. The standard InChI is InChI=1S/C15H20N2O.ClH/c1-11-3-4-12(2)17(11)14-7-5-13(6-8-14)15(16)9-10-18;/h3-8,15,18H,9-10,16H2,1-2H3;1H. The molecule has 4 heteroatoms. The molecule has 104 valence electrons. The number of hydrogen-bond donors (Lipinski definition) is 2. The van der Waals surface area contributed by atoms with Gasteiger partial charge in [-0.25, -0.2) is 0 Å². The number of hydrogen-bond acceptors (Lipinski definition) is 2. The molecule has 1 unspecified atom stereocenters. The molecule has 1 heterocycles. The van der Waals surface area contributed by atoms with E-state index in [0.717, 1.165) is 11.3 Å². The van der Waals surface area contributed by atoms with Crippen molar-refractivity contribution < 1.29 is 5.11 Å². The van der Waals surface area contributed by atoms with Crippen LogP contribution in [0.25, 0.3) is 5.69 Å². The number of aryl methyl sites for hydroxylation is 2. The van der Waals surface area contributed by atoms with Gasteiger partial charge in [0.1, 0.15) is 0 Å². The lowest BCUT2D eigenvalue weighted by atomic mass is 10.0. The van der Waals surface area contributed by atoms with Crippen LogP contribution >= 0.6 is 12.4 Å². The second-order valence-electron chi connectivity index (χ2n) is 4.66. The van der Waals surface area contributed by atoms with Gasteiger partial charge in [0.15, 0.2) is 0 Å². The molecule has 0 saturated carbocycles.